The lowest BCUT2D eigenvalue weighted by Crippen LogP contribution is -3.14. The van der Waals surface area contributed by atoms with E-state index < -0.39 is 0 Å². The molecule has 1 aliphatic heterocycles. The van der Waals surface area contributed by atoms with Crippen LogP contribution in [-0.2, 0) is 11.3 Å². The average molecular weight is 422 g/mol. The zero-order valence-corrected chi connectivity index (χ0v) is 17.9. The minimum absolute atomic E-state index is 0.0933. The Morgan fingerprint density at radius 1 is 1.43 bits per heavy atom. The van der Waals surface area contributed by atoms with Crippen molar-refractivity contribution in [3.63, 3.8) is 0 Å². The number of carbonyl (C=O) groups excluding carboxylic acids is 1. The average Bonchev–Trinajstić information content (AvgIpc) is 2.71. The predicted molar refractivity (Wildman–Crippen MR) is 114 cm³/mol. The maximum absolute atomic E-state index is 12.9. The molecule has 0 spiro atoms. The van der Waals surface area contributed by atoms with Gasteiger partial charge in [0, 0.05) is 11.6 Å². The van der Waals surface area contributed by atoms with Crippen LogP contribution in [0.25, 0.3) is 10.9 Å². The number of amides is 1. The lowest BCUT2D eigenvalue weighted by atomic mass is 10.2. The number of benzene rings is 1. The fourth-order valence-corrected chi connectivity index (χ4v) is 4.59. The second kappa shape index (κ2) is 9.11. The zero-order chi connectivity index (χ0) is 20.3. The number of allylic oxidation sites excluding steroid dienone is 1. The molecule has 8 heteroatoms. The minimum atomic E-state index is -0.323. The Morgan fingerprint density at radius 3 is 2.79 bits per heavy atom. The standard InChI is InChI=1S/C20H25ClN4O2S/c1-4-8-25-19(27)16-13-15(21)6-7-17(16)22-20(25)28-14(3)18(26)24-11-9-23(5-2)10-12-24/h4,6-7,13-14H,1,5,8-12H2,2-3H3/p+1/t14-/m0/s1. The fourth-order valence-electron chi connectivity index (χ4n) is 3.42. The number of nitrogens with zero attached hydrogens (tertiary/aromatic N) is 3. The molecule has 28 heavy (non-hydrogen) atoms. The number of quaternary nitrogens is 1. The molecule has 0 aliphatic carbocycles. The van der Waals surface area contributed by atoms with Crippen LogP contribution in [0.5, 0.6) is 0 Å². The van der Waals surface area contributed by atoms with Gasteiger partial charge in [0.15, 0.2) is 5.16 Å². The first-order chi connectivity index (χ1) is 13.4. The lowest BCUT2D eigenvalue weighted by molar-refractivity contribution is -0.902. The highest BCUT2D eigenvalue weighted by atomic mass is 35.5. The van der Waals surface area contributed by atoms with Crippen LogP contribution in [-0.4, -0.2) is 58.3 Å². The van der Waals surface area contributed by atoms with Gasteiger partial charge in [-0.2, -0.15) is 0 Å². The van der Waals surface area contributed by atoms with Crippen LogP contribution in [0.15, 0.2) is 40.8 Å². The van der Waals surface area contributed by atoms with E-state index in [0.29, 0.717) is 27.6 Å². The summed E-state index contributed by atoms with van der Waals surface area (Å²) in [6.45, 7) is 12.7. The molecule has 0 unspecified atom stereocenters. The monoisotopic (exact) mass is 421 g/mol. The number of hydrogen-bond donors (Lipinski definition) is 1. The van der Waals surface area contributed by atoms with Crippen molar-refractivity contribution < 1.29 is 9.69 Å². The number of likely N-dealkylation sites (N-methyl/N-ethyl adjacent to an activating group) is 1. The number of piperazine rings is 1. The summed E-state index contributed by atoms with van der Waals surface area (Å²) in [5.41, 5.74) is 0.409. The molecule has 150 valence electrons. The molecular formula is C20H26ClN4O2S+. The van der Waals surface area contributed by atoms with Crippen LogP contribution < -0.4 is 10.5 Å². The molecule has 1 N–H and O–H groups in total. The molecule has 1 aromatic heterocycles. The number of aromatic nitrogens is 2. The molecule has 1 fully saturated rings. The van der Waals surface area contributed by atoms with E-state index in [2.05, 4.69) is 18.5 Å². The van der Waals surface area contributed by atoms with Crippen LogP contribution in [0.1, 0.15) is 13.8 Å². The van der Waals surface area contributed by atoms with Crippen molar-refractivity contribution >= 4 is 40.2 Å². The Bertz CT molecular complexity index is 938. The van der Waals surface area contributed by atoms with Gasteiger partial charge in [-0.25, -0.2) is 4.98 Å². The zero-order valence-electron chi connectivity index (χ0n) is 16.3. The van der Waals surface area contributed by atoms with Crippen LogP contribution in [0.3, 0.4) is 0 Å². The van der Waals surface area contributed by atoms with E-state index in [-0.39, 0.29) is 16.7 Å². The Kier molecular flexibility index (Phi) is 6.80. The van der Waals surface area contributed by atoms with Crippen molar-refractivity contribution in [1.82, 2.24) is 14.5 Å². The van der Waals surface area contributed by atoms with E-state index in [4.69, 9.17) is 11.6 Å². The summed E-state index contributed by atoms with van der Waals surface area (Å²) in [7, 11) is 0. The van der Waals surface area contributed by atoms with Crippen LogP contribution in [0, 0.1) is 0 Å². The van der Waals surface area contributed by atoms with E-state index in [9.17, 15) is 9.59 Å². The molecule has 1 atom stereocenters. The summed E-state index contributed by atoms with van der Waals surface area (Å²) in [6, 6.07) is 5.08. The maximum atomic E-state index is 12.9. The second-order valence-corrected chi connectivity index (χ2v) is 8.69. The maximum Gasteiger partial charge on any atom is 0.262 e. The van der Waals surface area contributed by atoms with Crippen molar-refractivity contribution in [1.29, 1.82) is 0 Å². The van der Waals surface area contributed by atoms with Gasteiger partial charge >= 0.3 is 0 Å². The molecule has 6 nitrogen and oxygen atoms in total. The number of carbonyl (C=O) groups is 1. The fraction of sp³-hybridized carbons (Fsp3) is 0.450. The number of hydrogen-bond acceptors (Lipinski definition) is 4. The Labute approximate surface area is 174 Å². The summed E-state index contributed by atoms with van der Waals surface area (Å²) in [5.74, 6) is 0.0933. The van der Waals surface area contributed by atoms with E-state index in [0.717, 1.165) is 32.7 Å². The van der Waals surface area contributed by atoms with Crippen LogP contribution in [0.4, 0.5) is 0 Å². The van der Waals surface area contributed by atoms with E-state index in [1.807, 2.05) is 11.8 Å². The summed E-state index contributed by atoms with van der Waals surface area (Å²) in [4.78, 5) is 33.9. The molecule has 2 aromatic rings. The molecule has 1 amide bonds. The largest absolute Gasteiger partial charge is 0.332 e. The minimum Gasteiger partial charge on any atom is -0.332 e. The smallest absolute Gasteiger partial charge is 0.262 e. The van der Waals surface area contributed by atoms with Crippen molar-refractivity contribution in [2.24, 2.45) is 0 Å². The van der Waals surface area contributed by atoms with Crippen molar-refractivity contribution in [3.8, 4) is 0 Å². The van der Waals surface area contributed by atoms with Gasteiger partial charge in [-0.05, 0) is 32.0 Å². The van der Waals surface area contributed by atoms with E-state index in [1.54, 1.807) is 28.8 Å². The molecule has 0 saturated carbocycles. The first-order valence-corrected chi connectivity index (χ1v) is 10.8. The van der Waals surface area contributed by atoms with Gasteiger partial charge in [0.1, 0.15) is 0 Å². The highest BCUT2D eigenvalue weighted by Gasteiger charge is 2.28. The third-order valence-corrected chi connectivity index (χ3v) is 6.42. The predicted octanol–water partition coefficient (Wildman–Crippen LogP) is 1.46. The number of thioether (sulfide) groups is 1. The Balaban J connectivity index is 1.85. The highest BCUT2D eigenvalue weighted by Crippen LogP contribution is 2.25. The quantitative estimate of drug-likeness (QED) is 0.436. The topological polar surface area (TPSA) is 59.6 Å². The summed E-state index contributed by atoms with van der Waals surface area (Å²) in [5, 5.41) is 1.17. The Hall–Kier alpha value is -1.83. The molecule has 1 aromatic carbocycles. The molecule has 1 saturated heterocycles. The number of halogens is 1. The van der Waals surface area contributed by atoms with Crippen LogP contribution >= 0.6 is 23.4 Å². The number of rotatable bonds is 6. The van der Waals surface area contributed by atoms with E-state index in [1.165, 1.54) is 16.7 Å². The van der Waals surface area contributed by atoms with Gasteiger partial charge in [0.05, 0.1) is 48.9 Å². The Morgan fingerprint density at radius 2 is 2.14 bits per heavy atom. The van der Waals surface area contributed by atoms with Gasteiger partial charge in [-0.1, -0.05) is 29.4 Å². The molecule has 3 rings (SSSR count). The molecular weight excluding hydrogens is 396 g/mol. The van der Waals surface area contributed by atoms with Crippen molar-refractivity contribution in [2.45, 2.75) is 30.8 Å². The number of fused-ring (bicyclic) bond motifs is 1. The normalized spacial score (nSPS) is 16.3. The summed E-state index contributed by atoms with van der Waals surface area (Å²) >= 11 is 7.36. The van der Waals surface area contributed by atoms with Gasteiger partial charge in [0.2, 0.25) is 5.91 Å². The van der Waals surface area contributed by atoms with Crippen molar-refractivity contribution in [2.75, 3.05) is 32.7 Å². The SMILES string of the molecule is C=CCn1c(S[C@@H](C)C(=O)N2CC[NH+](CC)CC2)nc2ccc(Cl)cc2c1=O. The van der Waals surface area contributed by atoms with Gasteiger partial charge in [-0.15, -0.1) is 6.58 Å². The first-order valence-electron chi connectivity index (χ1n) is 9.54. The van der Waals surface area contributed by atoms with Crippen LogP contribution in [0.2, 0.25) is 5.02 Å². The summed E-state index contributed by atoms with van der Waals surface area (Å²) < 4.78 is 1.55. The third kappa shape index (κ3) is 4.42. The highest BCUT2D eigenvalue weighted by molar-refractivity contribution is 8.00. The molecule has 1 aliphatic rings. The van der Waals surface area contributed by atoms with Crippen molar-refractivity contribution in [3.05, 3.63) is 46.2 Å². The third-order valence-electron chi connectivity index (χ3n) is 5.11. The summed E-state index contributed by atoms with van der Waals surface area (Å²) in [6.07, 6.45) is 1.66. The second-order valence-electron chi connectivity index (χ2n) is 6.95. The lowest BCUT2D eigenvalue weighted by Gasteiger charge is -2.33. The number of nitrogens with one attached hydrogen (secondary N) is 1. The van der Waals surface area contributed by atoms with Gasteiger partial charge < -0.3 is 9.80 Å². The first kappa shape index (κ1) is 20.9. The van der Waals surface area contributed by atoms with E-state index >= 15 is 0 Å². The van der Waals surface area contributed by atoms with Gasteiger partial charge in [-0.3, -0.25) is 14.2 Å². The molecule has 0 bridgehead atoms. The van der Waals surface area contributed by atoms with Gasteiger partial charge in [0.25, 0.3) is 5.56 Å². The molecule has 0 radical (unpaired) electrons. The molecule has 2 heterocycles.